The number of rotatable bonds is 5. The van der Waals surface area contributed by atoms with Crippen molar-refractivity contribution in [2.75, 3.05) is 20.2 Å². The Morgan fingerprint density at radius 3 is 2.33 bits per heavy atom. The third kappa shape index (κ3) is 8.81. The number of esters is 1. The zero-order chi connectivity index (χ0) is 14.3. The largest absolute Gasteiger partial charge is 0.463 e. The third-order valence-electron chi connectivity index (χ3n) is 1.98. The zero-order valence-corrected chi connectivity index (χ0v) is 11.7. The van der Waals surface area contributed by atoms with Crippen LogP contribution in [-0.4, -0.2) is 54.0 Å². The molecule has 0 heterocycles. The predicted octanol–water partition coefficient (Wildman–Crippen LogP) is 1.17. The van der Waals surface area contributed by atoms with Crippen molar-refractivity contribution in [3.8, 4) is 0 Å². The van der Waals surface area contributed by atoms with E-state index in [0.29, 0.717) is 13.0 Å². The molecule has 18 heavy (non-hydrogen) atoms. The van der Waals surface area contributed by atoms with E-state index in [1.165, 1.54) is 11.8 Å². The minimum absolute atomic E-state index is 0.0580. The number of carbonyl (C=O) groups excluding carboxylic acids is 2. The molecule has 1 unspecified atom stereocenters. The van der Waals surface area contributed by atoms with Crippen LogP contribution in [0.4, 0.5) is 4.79 Å². The normalized spacial score (nSPS) is 12.8. The van der Waals surface area contributed by atoms with Crippen molar-refractivity contribution in [3.05, 3.63) is 0 Å². The molecule has 6 heteroatoms. The molecule has 1 amide bonds. The third-order valence-corrected chi connectivity index (χ3v) is 1.98. The van der Waals surface area contributed by atoms with Crippen LogP contribution >= 0.6 is 0 Å². The Kier molecular flexibility index (Phi) is 6.68. The first-order valence-electron chi connectivity index (χ1n) is 5.87. The maximum atomic E-state index is 11.6. The molecule has 0 aliphatic heterocycles. The van der Waals surface area contributed by atoms with Gasteiger partial charge in [-0.15, -0.1) is 0 Å². The molecule has 1 atom stereocenters. The van der Waals surface area contributed by atoms with Crippen LogP contribution in [0.3, 0.4) is 0 Å². The second kappa shape index (κ2) is 7.20. The first-order chi connectivity index (χ1) is 8.11. The van der Waals surface area contributed by atoms with E-state index in [1.807, 2.05) is 0 Å². The summed E-state index contributed by atoms with van der Waals surface area (Å²) in [6.07, 6.45) is -0.899. The lowest BCUT2D eigenvalue weighted by atomic mass is 10.2. The van der Waals surface area contributed by atoms with Crippen molar-refractivity contribution in [3.63, 3.8) is 0 Å². The van der Waals surface area contributed by atoms with E-state index in [9.17, 15) is 14.7 Å². The smallest absolute Gasteiger partial charge is 0.410 e. The first kappa shape index (κ1) is 16.7. The van der Waals surface area contributed by atoms with Crippen LogP contribution in [0, 0.1) is 0 Å². The number of nitrogens with zero attached hydrogens (tertiary/aromatic N) is 1. The quantitative estimate of drug-likeness (QED) is 0.752. The molecule has 0 aromatic rings. The molecule has 106 valence electrons. The van der Waals surface area contributed by atoms with E-state index in [4.69, 9.17) is 4.74 Å². The molecule has 0 radical (unpaired) electrons. The number of hydrogen-bond donors (Lipinski definition) is 1. The van der Waals surface area contributed by atoms with Crippen molar-refractivity contribution in [1.82, 2.24) is 4.90 Å². The molecule has 0 saturated heterocycles. The average Bonchev–Trinajstić information content (AvgIpc) is 2.20. The van der Waals surface area contributed by atoms with Crippen LogP contribution < -0.4 is 0 Å². The monoisotopic (exact) mass is 261 g/mol. The van der Waals surface area contributed by atoms with Gasteiger partial charge in [0.2, 0.25) is 0 Å². The number of amides is 1. The fraction of sp³-hybridized carbons (Fsp3) is 0.833. The Hall–Kier alpha value is -1.30. The van der Waals surface area contributed by atoms with Crippen LogP contribution in [0.1, 0.15) is 34.1 Å². The highest BCUT2D eigenvalue weighted by Gasteiger charge is 2.20. The number of hydrogen-bond acceptors (Lipinski definition) is 5. The van der Waals surface area contributed by atoms with Gasteiger partial charge in [-0.3, -0.25) is 4.79 Å². The summed E-state index contributed by atoms with van der Waals surface area (Å²) in [6.45, 7) is 6.91. The highest BCUT2D eigenvalue weighted by molar-refractivity contribution is 5.67. The molecule has 1 N–H and O–H groups in total. The van der Waals surface area contributed by atoms with Crippen LogP contribution in [0.15, 0.2) is 0 Å². The van der Waals surface area contributed by atoms with Gasteiger partial charge < -0.3 is 19.5 Å². The van der Waals surface area contributed by atoms with Crippen molar-refractivity contribution in [1.29, 1.82) is 0 Å². The molecule has 0 aromatic heterocycles. The van der Waals surface area contributed by atoms with E-state index in [-0.39, 0.29) is 6.61 Å². The van der Waals surface area contributed by atoms with Gasteiger partial charge in [0, 0.05) is 20.5 Å². The summed E-state index contributed by atoms with van der Waals surface area (Å²) in [6, 6.07) is 0. The van der Waals surface area contributed by atoms with Crippen molar-refractivity contribution < 1.29 is 24.2 Å². The molecule has 0 saturated carbocycles. The fourth-order valence-electron chi connectivity index (χ4n) is 1.07. The Balaban J connectivity index is 3.91. The Labute approximate surface area is 108 Å². The van der Waals surface area contributed by atoms with E-state index in [2.05, 4.69) is 4.74 Å². The molecule has 0 aliphatic rings. The highest BCUT2D eigenvalue weighted by atomic mass is 16.6. The van der Waals surface area contributed by atoms with Crippen LogP contribution in [0.2, 0.25) is 0 Å². The second-order valence-corrected chi connectivity index (χ2v) is 5.15. The SMILES string of the molecule is CC(=O)OCC(O)CCN(C)C(=O)OC(C)(C)C. The summed E-state index contributed by atoms with van der Waals surface area (Å²) in [5.74, 6) is -0.436. The van der Waals surface area contributed by atoms with Gasteiger partial charge in [-0.1, -0.05) is 0 Å². The lowest BCUT2D eigenvalue weighted by Crippen LogP contribution is -2.36. The molecular weight excluding hydrogens is 238 g/mol. The van der Waals surface area contributed by atoms with Gasteiger partial charge in [-0.25, -0.2) is 4.79 Å². The van der Waals surface area contributed by atoms with E-state index >= 15 is 0 Å². The minimum atomic E-state index is -0.779. The molecule has 0 aliphatic carbocycles. The van der Waals surface area contributed by atoms with Gasteiger partial charge in [0.25, 0.3) is 0 Å². The van der Waals surface area contributed by atoms with Gasteiger partial charge >= 0.3 is 12.1 Å². The zero-order valence-electron chi connectivity index (χ0n) is 11.7. The molecule has 0 spiro atoms. The molecular formula is C12H23NO5. The second-order valence-electron chi connectivity index (χ2n) is 5.15. The Morgan fingerprint density at radius 1 is 1.33 bits per heavy atom. The van der Waals surface area contributed by atoms with Crippen molar-refractivity contribution >= 4 is 12.1 Å². The lowest BCUT2D eigenvalue weighted by Gasteiger charge is -2.25. The van der Waals surface area contributed by atoms with Crippen LogP contribution in [-0.2, 0) is 14.3 Å². The fourth-order valence-corrected chi connectivity index (χ4v) is 1.07. The topological polar surface area (TPSA) is 76.1 Å². The maximum Gasteiger partial charge on any atom is 0.410 e. The molecule has 0 bridgehead atoms. The summed E-state index contributed by atoms with van der Waals surface area (Å²) in [5.41, 5.74) is -0.540. The van der Waals surface area contributed by atoms with E-state index < -0.39 is 23.8 Å². The lowest BCUT2D eigenvalue weighted by molar-refractivity contribution is -0.144. The molecule has 0 rings (SSSR count). The summed E-state index contributed by atoms with van der Waals surface area (Å²) in [4.78, 5) is 23.5. The summed E-state index contributed by atoms with van der Waals surface area (Å²) < 4.78 is 9.80. The number of aliphatic hydroxyl groups is 1. The predicted molar refractivity (Wildman–Crippen MR) is 66.1 cm³/mol. The van der Waals surface area contributed by atoms with Gasteiger partial charge in [-0.2, -0.15) is 0 Å². The average molecular weight is 261 g/mol. The van der Waals surface area contributed by atoms with E-state index in [1.54, 1.807) is 27.8 Å². The summed E-state index contributed by atoms with van der Waals surface area (Å²) in [5, 5.41) is 9.51. The number of aliphatic hydroxyl groups excluding tert-OH is 1. The Bertz CT molecular complexity index is 285. The standard InChI is InChI=1S/C12H23NO5/c1-9(14)17-8-10(15)6-7-13(5)11(16)18-12(2,3)4/h10,15H,6-8H2,1-5H3. The summed E-state index contributed by atoms with van der Waals surface area (Å²) >= 11 is 0. The molecule has 0 aromatic carbocycles. The highest BCUT2D eigenvalue weighted by Crippen LogP contribution is 2.09. The first-order valence-corrected chi connectivity index (χ1v) is 5.87. The van der Waals surface area contributed by atoms with Crippen LogP contribution in [0.5, 0.6) is 0 Å². The Morgan fingerprint density at radius 2 is 1.89 bits per heavy atom. The number of carbonyl (C=O) groups is 2. The maximum absolute atomic E-state index is 11.6. The van der Waals surface area contributed by atoms with E-state index in [0.717, 1.165) is 0 Å². The van der Waals surface area contributed by atoms with Gasteiger partial charge in [0.05, 0.1) is 6.10 Å². The minimum Gasteiger partial charge on any atom is -0.463 e. The van der Waals surface area contributed by atoms with Crippen molar-refractivity contribution in [2.45, 2.75) is 45.8 Å². The van der Waals surface area contributed by atoms with Crippen molar-refractivity contribution in [2.24, 2.45) is 0 Å². The molecule has 6 nitrogen and oxygen atoms in total. The van der Waals surface area contributed by atoms with Gasteiger partial charge in [0.1, 0.15) is 12.2 Å². The van der Waals surface area contributed by atoms with Gasteiger partial charge in [-0.05, 0) is 27.2 Å². The van der Waals surface area contributed by atoms with Crippen LogP contribution in [0.25, 0.3) is 0 Å². The number of ether oxygens (including phenoxy) is 2. The van der Waals surface area contributed by atoms with Gasteiger partial charge in [0.15, 0.2) is 0 Å². The summed E-state index contributed by atoms with van der Waals surface area (Å²) in [7, 11) is 1.59. The molecule has 0 fully saturated rings.